The van der Waals surface area contributed by atoms with Crippen LogP contribution in [0.5, 0.6) is 0 Å². The second-order valence-electron chi connectivity index (χ2n) is 6.55. The molecular formula is C21H23ClN2O. The van der Waals surface area contributed by atoms with Gasteiger partial charge in [0.1, 0.15) is 5.65 Å². The number of hydrogen-bond donors (Lipinski definition) is 1. The quantitative estimate of drug-likeness (QED) is 0.534. The molecule has 0 aliphatic carbocycles. The molecule has 0 saturated carbocycles. The van der Waals surface area contributed by atoms with Crippen molar-refractivity contribution in [3.05, 3.63) is 64.9 Å². The first-order valence-corrected chi connectivity index (χ1v) is 9.19. The van der Waals surface area contributed by atoms with Crippen molar-refractivity contribution in [2.24, 2.45) is 0 Å². The fourth-order valence-electron chi connectivity index (χ4n) is 3.57. The first-order chi connectivity index (χ1) is 12.1. The third-order valence-corrected chi connectivity index (χ3v) is 5.51. The Bertz CT molecular complexity index is 866. The molecule has 3 rings (SSSR count). The number of nitrogens with zero attached hydrogens (tertiary/aromatic N) is 1. The second-order valence-corrected chi connectivity index (χ2v) is 6.99. The second kappa shape index (κ2) is 7.40. The molecular weight excluding hydrogens is 332 g/mol. The van der Waals surface area contributed by atoms with E-state index in [1.807, 2.05) is 18.2 Å². The number of Topliss-reactive ketones (excluding diaryl/α,β-unsaturated/α-hetero) is 1. The Morgan fingerprint density at radius 2 is 1.88 bits per heavy atom. The van der Waals surface area contributed by atoms with Crippen LogP contribution in [0.4, 0.5) is 0 Å². The number of pyridine rings is 1. The SMILES string of the molecule is CCC(CC)(CCC(=O)c1cc2cc(Cl)cnc2[nH]1)c1ccccc1. The fraction of sp³-hybridized carbons (Fsp3) is 0.333. The zero-order chi connectivity index (χ0) is 17.9. The molecule has 2 heterocycles. The number of ketones is 1. The summed E-state index contributed by atoms with van der Waals surface area (Å²) in [6.07, 6.45) is 4.97. The molecule has 0 fully saturated rings. The summed E-state index contributed by atoms with van der Waals surface area (Å²) in [6.45, 7) is 4.41. The number of aromatic nitrogens is 2. The van der Waals surface area contributed by atoms with Gasteiger partial charge in [-0.25, -0.2) is 4.98 Å². The topological polar surface area (TPSA) is 45.8 Å². The van der Waals surface area contributed by atoms with Gasteiger partial charge in [-0.1, -0.05) is 55.8 Å². The zero-order valence-corrected chi connectivity index (χ0v) is 15.4. The summed E-state index contributed by atoms with van der Waals surface area (Å²) in [5, 5.41) is 1.45. The first kappa shape index (κ1) is 17.7. The summed E-state index contributed by atoms with van der Waals surface area (Å²) in [5.74, 6) is 0.122. The number of carbonyl (C=O) groups is 1. The third-order valence-electron chi connectivity index (χ3n) is 5.31. The van der Waals surface area contributed by atoms with E-state index in [1.165, 1.54) is 5.56 Å². The van der Waals surface area contributed by atoms with Gasteiger partial charge in [-0.05, 0) is 42.4 Å². The van der Waals surface area contributed by atoms with Crippen molar-refractivity contribution in [3.63, 3.8) is 0 Å². The van der Waals surface area contributed by atoms with Crippen molar-refractivity contribution in [1.29, 1.82) is 0 Å². The van der Waals surface area contributed by atoms with E-state index in [9.17, 15) is 4.79 Å². The van der Waals surface area contributed by atoms with Gasteiger partial charge in [-0.15, -0.1) is 0 Å². The molecule has 0 aliphatic rings. The molecule has 0 atom stereocenters. The maximum atomic E-state index is 12.7. The van der Waals surface area contributed by atoms with Crippen LogP contribution in [0.3, 0.4) is 0 Å². The molecule has 0 unspecified atom stereocenters. The van der Waals surface area contributed by atoms with E-state index in [0.29, 0.717) is 22.8 Å². The standard InChI is InChI=1S/C21H23ClN2O/c1-3-21(4-2,16-8-6-5-7-9-16)11-10-19(25)18-13-15-12-17(22)14-23-20(15)24-18/h5-9,12-14H,3-4,10-11H2,1-2H3,(H,23,24). The number of H-pyrrole nitrogens is 1. The lowest BCUT2D eigenvalue weighted by Crippen LogP contribution is -2.25. The predicted molar refractivity (Wildman–Crippen MR) is 103 cm³/mol. The van der Waals surface area contributed by atoms with Crippen LogP contribution >= 0.6 is 11.6 Å². The molecule has 25 heavy (non-hydrogen) atoms. The largest absolute Gasteiger partial charge is 0.337 e. The molecule has 3 nitrogen and oxygen atoms in total. The van der Waals surface area contributed by atoms with Gasteiger partial charge < -0.3 is 4.98 Å². The molecule has 1 N–H and O–H groups in total. The molecule has 4 heteroatoms. The van der Waals surface area contributed by atoms with Crippen molar-refractivity contribution in [2.45, 2.75) is 44.9 Å². The Morgan fingerprint density at radius 1 is 1.16 bits per heavy atom. The predicted octanol–water partition coefficient (Wildman–Crippen LogP) is 5.94. The molecule has 0 saturated heterocycles. The van der Waals surface area contributed by atoms with Gasteiger partial charge >= 0.3 is 0 Å². The monoisotopic (exact) mass is 354 g/mol. The zero-order valence-electron chi connectivity index (χ0n) is 14.7. The Kier molecular flexibility index (Phi) is 5.24. The molecule has 3 aromatic rings. The Balaban J connectivity index is 1.79. The molecule has 130 valence electrons. The van der Waals surface area contributed by atoms with Crippen molar-refractivity contribution in [1.82, 2.24) is 9.97 Å². The average Bonchev–Trinajstić information content (AvgIpc) is 3.07. The third kappa shape index (κ3) is 3.62. The molecule has 0 bridgehead atoms. The maximum absolute atomic E-state index is 12.7. The summed E-state index contributed by atoms with van der Waals surface area (Å²) in [5.41, 5.74) is 2.68. The van der Waals surface area contributed by atoms with E-state index in [2.05, 4.69) is 48.1 Å². The highest BCUT2D eigenvalue weighted by Crippen LogP contribution is 2.36. The summed E-state index contributed by atoms with van der Waals surface area (Å²) in [4.78, 5) is 20.1. The van der Waals surface area contributed by atoms with Crippen molar-refractivity contribution in [2.75, 3.05) is 0 Å². The van der Waals surface area contributed by atoms with Crippen LogP contribution in [0.2, 0.25) is 5.02 Å². The minimum Gasteiger partial charge on any atom is -0.337 e. The molecule has 1 aromatic carbocycles. The number of hydrogen-bond acceptors (Lipinski definition) is 2. The van der Waals surface area contributed by atoms with Gasteiger partial charge in [-0.2, -0.15) is 0 Å². The Labute approximate surface area is 153 Å². The fourth-order valence-corrected chi connectivity index (χ4v) is 3.74. The number of carbonyl (C=O) groups excluding carboxylic acids is 1. The molecule has 0 aliphatic heterocycles. The summed E-state index contributed by atoms with van der Waals surface area (Å²) in [7, 11) is 0. The van der Waals surface area contributed by atoms with Gasteiger partial charge in [0.05, 0.1) is 10.7 Å². The van der Waals surface area contributed by atoms with Crippen LogP contribution < -0.4 is 0 Å². The van der Waals surface area contributed by atoms with Crippen LogP contribution in [-0.4, -0.2) is 15.8 Å². The van der Waals surface area contributed by atoms with E-state index in [1.54, 1.807) is 6.20 Å². The van der Waals surface area contributed by atoms with E-state index in [0.717, 1.165) is 24.6 Å². The molecule has 2 aromatic heterocycles. The van der Waals surface area contributed by atoms with E-state index in [-0.39, 0.29) is 11.2 Å². The normalized spacial score (nSPS) is 11.8. The lowest BCUT2D eigenvalue weighted by Gasteiger charge is -2.32. The van der Waals surface area contributed by atoms with Crippen LogP contribution in [0.1, 0.15) is 55.6 Å². The minimum absolute atomic E-state index is 0.0461. The first-order valence-electron chi connectivity index (χ1n) is 8.81. The smallest absolute Gasteiger partial charge is 0.179 e. The summed E-state index contributed by atoms with van der Waals surface area (Å²) < 4.78 is 0. The molecule has 0 radical (unpaired) electrons. The number of nitrogens with one attached hydrogen (secondary N) is 1. The highest BCUT2D eigenvalue weighted by atomic mass is 35.5. The van der Waals surface area contributed by atoms with Crippen LogP contribution in [0, 0.1) is 0 Å². The number of rotatable bonds is 7. The highest BCUT2D eigenvalue weighted by Gasteiger charge is 2.29. The van der Waals surface area contributed by atoms with Crippen molar-refractivity contribution < 1.29 is 4.79 Å². The maximum Gasteiger partial charge on any atom is 0.179 e. The summed E-state index contributed by atoms with van der Waals surface area (Å²) >= 11 is 5.97. The van der Waals surface area contributed by atoms with Crippen LogP contribution in [-0.2, 0) is 5.41 Å². The van der Waals surface area contributed by atoms with E-state index in [4.69, 9.17) is 11.6 Å². The lowest BCUT2D eigenvalue weighted by atomic mass is 9.72. The Morgan fingerprint density at radius 3 is 2.56 bits per heavy atom. The van der Waals surface area contributed by atoms with Crippen LogP contribution in [0.15, 0.2) is 48.7 Å². The van der Waals surface area contributed by atoms with E-state index < -0.39 is 0 Å². The van der Waals surface area contributed by atoms with Crippen LogP contribution in [0.25, 0.3) is 11.0 Å². The number of aromatic amines is 1. The molecule has 0 amide bonds. The number of halogens is 1. The number of benzene rings is 1. The van der Waals surface area contributed by atoms with Crippen molar-refractivity contribution >= 4 is 28.4 Å². The number of fused-ring (bicyclic) bond motifs is 1. The minimum atomic E-state index is 0.0461. The highest BCUT2D eigenvalue weighted by molar-refractivity contribution is 6.31. The molecule has 0 spiro atoms. The van der Waals surface area contributed by atoms with Gasteiger partial charge in [0.25, 0.3) is 0 Å². The van der Waals surface area contributed by atoms with Gasteiger partial charge in [0.2, 0.25) is 0 Å². The average molecular weight is 355 g/mol. The lowest BCUT2D eigenvalue weighted by molar-refractivity contribution is 0.0964. The van der Waals surface area contributed by atoms with Crippen molar-refractivity contribution in [3.8, 4) is 0 Å². The summed E-state index contributed by atoms with van der Waals surface area (Å²) in [6, 6.07) is 14.2. The van der Waals surface area contributed by atoms with E-state index >= 15 is 0 Å². The van der Waals surface area contributed by atoms with Gasteiger partial charge in [0, 0.05) is 18.0 Å². The van der Waals surface area contributed by atoms with Gasteiger partial charge in [0.15, 0.2) is 5.78 Å². The van der Waals surface area contributed by atoms with Gasteiger partial charge in [-0.3, -0.25) is 4.79 Å². The Hall–Kier alpha value is -2.13.